The highest BCUT2D eigenvalue weighted by molar-refractivity contribution is 7.18. The molecule has 0 radical (unpaired) electrons. The van der Waals surface area contributed by atoms with Crippen LogP contribution in [0.4, 0.5) is 5.69 Å². The number of fused-ring (bicyclic) bond motifs is 1. The van der Waals surface area contributed by atoms with Crippen LogP contribution in [-0.2, 0) is 6.54 Å². The van der Waals surface area contributed by atoms with Gasteiger partial charge in [0.05, 0.1) is 15.2 Å². The number of rotatable bonds is 3. The molecule has 18 heavy (non-hydrogen) atoms. The number of hydrogen-bond acceptors (Lipinski definition) is 4. The predicted molar refractivity (Wildman–Crippen MR) is 80.7 cm³/mol. The van der Waals surface area contributed by atoms with Gasteiger partial charge in [0.2, 0.25) is 0 Å². The van der Waals surface area contributed by atoms with Gasteiger partial charge in [-0.3, -0.25) is 0 Å². The predicted octanol–water partition coefficient (Wildman–Crippen LogP) is 4.59. The summed E-state index contributed by atoms with van der Waals surface area (Å²) in [6.45, 7) is 5.10. The largest absolute Gasteiger partial charge is 0.380 e. The van der Waals surface area contributed by atoms with Gasteiger partial charge < -0.3 is 5.32 Å². The Morgan fingerprint density at radius 2 is 2.11 bits per heavy atom. The van der Waals surface area contributed by atoms with Gasteiger partial charge in [-0.2, -0.15) is 0 Å². The molecule has 0 unspecified atom stereocenters. The standard InChI is InChI=1S/C14H14N2S2/c1-9-5-6-17-14(9)8-15-11-3-4-12-13(7-11)18-10(2)16-12/h3-7,15H,8H2,1-2H3. The molecule has 4 heteroatoms. The zero-order valence-electron chi connectivity index (χ0n) is 10.4. The van der Waals surface area contributed by atoms with E-state index in [1.54, 1.807) is 22.7 Å². The average molecular weight is 274 g/mol. The smallest absolute Gasteiger partial charge is 0.0907 e. The van der Waals surface area contributed by atoms with Gasteiger partial charge in [0, 0.05) is 17.1 Å². The lowest BCUT2D eigenvalue weighted by Gasteiger charge is -2.05. The summed E-state index contributed by atoms with van der Waals surface area (Å²) in [7, 11) is 0. The zero-order valence-corrected chi connectivity index (χ0v) is 12.0. The van der Waals surface area contributed by atoms with Crippen LogP contribution in [0.3, 0.4) is 0 Å². The summed E-state index contributed by atoms with van der Waals surface area (Å²) < 4.78 is 1.25. The number of nitrogens with one attached hydrogen (secondary N) is 1. The molecule has 0 atom stereocenters. The Balaban J connectivity index is 1.80. The van der Waals surface area contributed by atoms with Crippen LogP contribution < -0.4 is 5.32 Å². The Morgan fingerprint density at radius 1 is 1.22 bits per heavy atom. The van der Waals surface area contributed by atoms with Crippen molar-refractivity contribution in [2.75, 3.05) is 5.32 Å². The first-order valence-electron chi connectivity index (χ1n) is 5.86. The van der Waals surface area contributed by atoms with Crippen molar-refractivity contribution < 1.29 is 0 Å². The van der Waals surface area contributed by atoms with E-state index in [0.717, 1.165) is 17.1 Å². The fourth-order valence-electron chi connectivity index (χ4n) is 1.92. The van der Waals surface area contributed by atoms with Gasteiger partial charge in [-0.05, 0) is 49.1 Å². The summed E-state index contributed by atoms with van der Waals surface area (Å²) in [6.07, 6.45) is 0. The van der Waals surface area contributed by atoms with E-state index in [-0.39, 0.29) is 0 Å². The first-order chi connectivity index (χ1) is 8.72. The summed E-state index contributed by atoms with van der Waals surface area (Å²) in [6, 6.07) is 8.53. The molecule has 0 bridgehead atoms. The number of benzene rings is 1. The van der Waals surface area contributed by atoms with Crippen molar-refractivity contribution >= 4 is 38.6 Å². The summed E-state index contributed by atoms with van der Waals surface area (Å²) in [5.74, 6) is 0. The van der Waals surface area contributed by atoms with E-state index >= 15 is 0 Å². The van der Waals surface area contributed by atoms with Crippen molar-refractivity contribution in [3.8, 4) is 0 Å². The van der Waals surface area contributed by atoms with Gasteiger partial charge >= 0.3 is 0 Å². The molecule has 0 saturated heterocycles. The summed E-state index contributed by atoms with van der Waals surface area (Å²) in [4.78, 5) is 5.87. The van der Waals surface area contributed by atoms with E-state index < -0.39 is 0 Å². The Hall–Kier alpha value is -1.39. The number of aryl methyl sites for hydroxylation is 2. The molecule has 0 spiro atoms. The lowest BCUT2D eigenvalue weighted by Crippen LogP contribution is -1.98. The fourth-order valence-corrected chi connectivity index (χ4v) is 3.63. The third kappa shape index (κ3) is 2.26. The molecule has 1 N–H and O–H groups in total. The minimum atomic E-state index is 0.896. The molecule has 2 nitrogen and oxygen atoms in total. The summed E-state index contributed by atoms with van der Waals surface area (Å²) in [5, 5.41) is 6.74. The van der Waals surface area contributed by atoms with Crippen molar-refractivity contribution in [2.45, 2.75) is 20.4 Å². The number of thiophene rings is 1. The van der Waals surface area contributed by atoms with Crippen molar-refractivity contribution in [1.29, 1.82) is 0 Å². The van der Waals surface area contributed by atoms with E-state index in [2.05, 4.69) is 46.9 Å². The maximum Gasteiger partial charge on any atom is 0.0907 e. The number of hydrogen-bond donors (Lipinski definition) is 1. The summed E-state index contributed by atoms with van der Waals surface area (Å²) >= 11 is 3.55. The van der Waals surface area contributed by atoms with E-state index in [9.17, 15) is 0 Å². The molecule has 3 aromatic rings. The highest BCUT2D eigenvalue weighted by Gasteiger charge is 2.03. The second kappa shape index (κ2) is 4.71. The van der Waals surface area contributed by atoms with Crippen LogP contribution in [0.2, 0.25) is 0 Å². The molecule has 0 aliphatic carbocycles. The van der Waals surface area contributed by atoms with Gasteiger partial charge in [-0.15, -0.1) is 22.7 Å². The number of nitrogens with zero attached hydrogens (tertiary/aromatic N) is 1. The molecular formula is C14H14N2S2. The van der Waals surface area contributed by atoms with Crippen LogP contribution in [0, 0.1) is 13.8 Å². The van der Waals surface area contributed by atoms with Crippen molar-refractivity contribution in [2.24, 2.45) is 0 Å². The molecule has 2 aromatic heterocycles. The Bertz CT molecular complexity index is 682. The molecule has 0 fully saturated rings. The highest BCUT2D eigenvalue weighted by atomic mass is 32.1. The van der Waals surface area contributed by atoms with Crippen LogP contribution in [0.15, 0.2) is 29.6 Å². The minimum absolute atomic E-state index is 0.896. The van der Waals surface area contributed by atoms with Crippen LogP contribution in [0.5, 0.6) is 0 Å². The molecule has 3 rings (SSSR count). The highest BCUT2D eigenvalue weighted by Crippen LogP contribution is 2.25. The quantitative estimate of drug-likeness (QED) is 0.755. The van der Waals surface area contributed by atoms with E-state index in [1.807, 2.05) is 6.92 Å². The van der Waals surface area contributed by atoms with Gasteiger partial charge in [0.1, 0.15) is 0 Å². The molecule has 2 heterocycles. The molecule has 1 aromatic carbocycles. The van der Waals surface area contributed by atoms with Crippen LogP contribution in [0.25, 0.3) is 10.2 Å². The van der Waals surface area contributed by atoms with Gasteiger partial charge in [-0.25, -0.2) is 4.98 Å². The maximum atomic E-state index is 4.47. The Morgan fingerprint density at radius 3 is 2.89 bits per heavy atom. The second-order valence-electron chi connectivity index (χ2n) is 4.30. The van der Waals surface area contributed by atoms with E-state index in [0.29, 0.717) is 0 Å². The zero-order chi connectivity index (χ0) is 12.5. The van der Waals surface area contributed by atoms with Gasteiger partial charge in [-0.1, -0.05) is 0 Å². The van der Waals surface area contributed by atoms with Gasteiger partial charge in [0.25, 0.3) is 0 Å². The monoisotopic (exact) mass is 274 g/mol. The van der Waals surface area contributed by atoms with Crippen LogP contribution in [0.1, 0.15) is 15.4 Å². The number of aromatic nitrogens is 1. The lowest BCUT2D eigenvalue weighted by atomic mass is 10.2. The summed E-state index contributed by atoms with van der Waals surface area (Å²) in [5.41, 5.74) is 3.62. The van der Waals surface area contributed by atoms with Crippen molar-refractivity contribution in [3.05, 3.63) is 45.1 Å². The topological polar surface area (TPSA) is 24.9 Å². The Kier molecular flexibility index (Phi) is 3.06. The van der Waals surface area contributed by atoms with E-state index in [4.69, 9.17) is 0 Å². The molecule has 0 aliphatic heterocycles. The maximum absolute atomic E-state index is 4.47. The van der Waals surface area contributed by atoms with Crippen LogP contribution in [-0.4, -0.2) is 4.98 Å². The SMILES string of the molecule is Cc1nc2ccc(NCc3sccc3C)cc2s1. The number of anilines is 1. The fraction of sp³-hybridized carbons (Fsp3) is 0.214. The van der Waals surface area contributed by atoms with Gasteiger partial charge in [0.15, 0.2) is 0 Å². The normalized spacial score (nSPS) is 11.0. The Labute approximate surface area is 114 Å². The molecular weight excluding hydrogens is 260 g/mol. The third-order valence-electron chi connectivity index (χ3n) is 2.92. The number of thiazole rings is 1. The van der Waals surface area contributed by atoms with Crippen molar-refractivity contribution in [3.63, 3.8) is 0 Å². The first kappa shape index (κ1) is 11.7. The lowest BCUT2D eigenvalue weighted by molar-refractivity contribution is 1.17. The van der Waals surface area contributed by atoms with E-state index in [1.165, 1.54) is 20.8 Å². The average Bonchev–Trinajstić information content (AvgIpc) is 2.90. The second-order valence-corrected chi connectivity index (χ2v) is 6.53. The molecule has 0 saturated carbocycles. The minimum Gasteiger partial charge on any atom is -0.380 e. The first-order valence-corrected chi connectivity index (χ1v) is 7.56. The third-order valence-corrected chi connectivity index (χ3v) is 4.87. The molecule has 0 amide bonds. The molecule has 0 aliphatic rings. The van der Waals surface area contributed by atoms with Crippen molar-refractivity contribution in [1.82, 2.24) is 4.98 Å². The van der Waals surface area contributed by atoms with Crippen LogP contribution >= 0.6 is 22.7 Å². The molecule has 92 valence electrons.